The van der Waals surface area contributed by atoms with Crippen LogP contribution in [0.3, 0.4) is 0 Å². The van der Waals surface area contributed by atoms with Crippen molar-refractivity contribution in [2.45, 2.75) is 37.6 Å². The van der Waals surface area contributed by atoms with Gasteiger partial charge in [0.1, 0.15) is 22.8 Å². The molecule has 0 saturated carbocycles. The first-order chi connectivity index (χ1) is 21.4. The standard InChI is InChI=1S/C35H35N3O7/c1-38(2)29-24-15-21-14-23-22(20-10-6-9-19(13-20)17-37-16-18-7-4-3-5-8-18)11-12-25(39)27(23)30(40)26(21)32(42)35(24,45)33(43)28(31(29)41)34(36)44/h3-13,21,24,29,37,39,41-42,45H,14-17H2,1-2H3,(H2,36,44)/t21-,24+,29+,35?/m0/s1. The van der Waals surface area contributed by atoms with Crippen LogP contribution >= 0.6 is 0 Å². The molecule has 45 heavy (non-hydrogen) atoms. The van der Waals surface area contributed by atoms with Gasteiger partial charge in [0.05, 0.1) is 11.6 Å². The van der Waals surface area contributed by atoms with E-state index in [2.05, 4.69) is 5.32 Å². The number of benzene rings is 3. The van der Waals surface area contributed by atoms with Crippen molar-refractivity contribution in [1.29, 1.82) is 0 Å². The van der Waals surface area contributed by atoms with E-state index in [9.17, 15) is 34.8 Å². The molecule has 10 nitrogen and oxygen atoms in total. The van der Waals surface area contributed by atoms with Gasteiger partial charge in [0.15, 0.2) is 11.4 Å². The van der Waals surface area contributed by atoms with Crippen LogP contribution in [-0.2, 0) is 29.1 Å². The fourth-order valence-electron chi connectivity index (χ4n) is 7.32. The summed E-state index contributed by atoms with van der Waals surface area (Å²) in [5.74, 6) is -6.70. The first-order valence-corrected chi connectivity index (χ1v) is 14.8. The molecular weight excluding hydrogens is 574 g/mol. The van der Waals surface area contributed by atoms with Crippen LogP contribution in [0.2, 0.25) is 0 Å². The van der Waals surface area contributed by atoms with Crippen molar-refractivity contribution < 1.29 is 34.8 Å². The van der Waals surface area contributed by atoms with Gasteiger partial charge < -0.3 is 31.5 Å². The minimum Gasteiger partial charge on any atom is -0.510 e. The van der Waals surface area contributed by atoms with Crippen molar-refractivity contribution in [1.82, 2.24) is 10.2 Å². The third-order valence-electron chi connectivity index (χ3n) is 9.35. The van der Waals surface area contributed by atoms with E-state index in [1.54, 1.807) is 20.2 Å². The third kappa shape index (κ3) is 4.82. The zero-order chi connectivity index (χ0) is 32.2. The molecule has 3 aliphatic carbocycles. The molecule has 1 unspecified atom stereocenters. The fraction of sp³-hybridized carbons (Fsp3) is 0.286. The number of nitrogens with two attached hydrogens (primary N) is 1. The first-order valence-electron chi connectivity index (χ1n) is 14.8. The van der Waals surface area contributed by atoms with Crippen LogP contribution in [0, 0.1) is 11.8 Å². The number of allylic oxidation sites excluding steroid dienone is 1. The van der Waals surface area contributed by atoms with Crippen LogP contribution in [0.1, 0.15) is 33.5 Å². The molecule has 10 heteroatoms. The Morgan fingerprint density at radius 2 is 1.67 bits per heavy atom. The van der Waals surface area contributed by atoms with Crippen molar-refractivity contribution in [2.75, 3.05) is 14.1 Å². The van der Waals surface area contributed by atoms with Gasteiger partial charge in [-0.15, -0.1) is 0 Å². The Morgan fingerprint density at radius 1 is 0.978 bits per heavy atom. The lowest BCUT2D eigenvalue weighted by Crippen LogP contribution is -2.63. The zero-order valence-corrected chi connectivity index (χ0v) is 24.9. The maximum Gasteiger partial charge on any atom is 0.255 e. The normalized spacial score (nSPS) is 24.4. The van der Waals surface area contributed by atoms with E-state index in [4.69, 9.17) is 5.73 Å². The van der Waals surface area contributed by atoms with Gasteiger partial charge in [0, 0.05) is 24.6 Å². The lowest BCUT2D eigenvalue weighted by atomic mass is 9.58. The summed E-state index contributed by atoms with van der Waals surface area (Å²) in [7, 11) is 3.20. The topological polar surface area (TPSA) is 173 Å². The molecule has 4 atom stereocenters. The van der Waals surface area contributed by atoms with Crippen molar-refractivity contribution in [2.24, 2.45) is 17.6 Å². The second kappa shape index (κ2) is 11.3. The number of nitrogens with zero attached hydrogens (tertiary/aromatic N) is 1. The van der Waals surface area contributed by atoms with Crippen LogP contribution in [0.25, 0.3) is 11.1 Å². The van der Waals surface area contributed by atoms with Crippen molar-refractivity contribution >= 4 is 17.5 Å². The zero-order valence-electron chi connectivity index (χ0n) is 24.9. The van der Waals surface area contributed by atoms with Gasteiger partial charge in [0.25, 0.3) is 5.91 Å². The number of carbonyl (C=O) groups is 3. The second-order valence-electron chi connectivity index (χ2n) is 12.2. The molecule has 3 aromatic rings. The van der Waals surface area contributed by atoms with E-state index in [0.29, 0.717) is 18.7 Å². The van der Waals surface area contributed by atoms with Gasteiger partial charge in [-0.1, -0.05) is 54.6 Å². The van der Waals surface area contributed by atoms with Gasteiger partial charge in [-0.25, -0.2) is 0 Å². The Kier molecular flexibility index (Phi) is 7.60. The van der Waals surface area contributed by atoms with Gasteiger partial charge in [-0.2, -0.15) is 0 Å². The Morgan fingerprint density at radius 3 is 2.36 bits per heavy atom. The van der Waals surface area contributed by atoms with E-state index in [1.165, 1.54) is 11.0 Å². The average molecular weight is 610 g/mol. The molecule has 7 N–H and O–H groups in total. The molecular formula is C35H35N3O7. The number of likely N-dealkylation sites (N-methyl/N-ethyl adjacent to an activating group) is 1. The predicted octanol–water partition coefficient (Wildman–Crippen LogP) is 3.08. The summed E-state index contributed by atoms with van der Waals surface area (Å²) in [4.78, 5) is 41.3. The number of hydrogen-bond donors (Lipinski definition) is 6. The molecule has 3 aliphatic rings. The number of carbonyl (C=O) groups excluding carboxylic acids is 3. The van der Waals surface area contributed by atoms with E-state index in [1.807, 2.05) is 54.6 Å². The molecule has 0 spiro atoms. The minimum atomic E-state index is -2.67. The second-order valence-corrected chi connectivity index (χ2v) is 12.2. The Labute approximate surface area is 260 Å². The summed E-state index contributed by atoms with van der Waals surface area (Å²) in [5.41, 5.74) is 6.07. The smallest absolute Gasteiger partial charge is 0.255 e. The number of aliphatic hydroxyl groups excluding tert-OH is 2. The number of rotatable bonds is 7. The van der Waals surface area contributed by atoms with Gasteiger partial charge in [-0.3, -0.25) is 19.3 Å². The quantitative estimate of drug-likeness (QED) is 0.220. The van der Waals surface area contributed by atoms with Gasteiger partial charge in [0.2, 0.25) is 5.78 Å². The van der Waals surface area contributed by atoms with E-state index in [0.717, 1.165) is 22.3 Å². The number of nitrogens with one attached hydrogen (secondary N) is 1. The Bertz CT molecular complexity index is 1800. The maximum atomic E-state index is 14.1. The third-order valence-corrected chi connectivity index (χ3v) is 9.35. The molecule has 0 aliphatic heterocycles. The monoisotopic (exact) mass is 609 g/mol. The summed E-state index contributed by atoms with van der Waals surface area (Å²) in [5, 5.41) is 48.6. The average Bonchev–Trinajstić information content (AvgIpc) is 2.99. The van der Waals surface area contributed by atoms with Crippen LogP contribution in [-0.4, -0.2) is 68.5 Å². The van der Waals surface area contributed by atoms with Crippen molar-refractivity contribution in [3.05, 3.63) is 112 Å². The number of fused-ring (bicyclic) bond motifs is 3. The highest BCUT2D eigenvalue weighted by atomic mass is 16.3. The number of primary amides is 1. The molecule has 0 saturated heterocycles. The van der Waals surface area contributed by atoms with Crippen LogP contribution < -0.4 is 11.1 Å². The largest absolute Gasteiger partial charge is 0.510 e. The molecule has 1 amide bonds. The number of hydrogen-bond acceptors (Lipinski definition) is 9. The van der Waals surface area contributed by atoms with Gasteiger partial charge in [-0.05, 0) is 72.8 Å². The van der Waals surface area contributed by atoms with E-state index < -0.39 is 58.0 Å². The lowest BCUT2D eigenvalue weighted by molar-refractivity contribution is -0.148. The molecule has 232 valence electrons. The predicted molar refractivity (Wildman–Crippen MR) is 166 cm³/mol. The summed E-state index contributed by atoms with van der Waals surface area (Å²) in [6.07, 6.45) is 0.249. The number of phenolic OH excluding ortho intramolecular Hbond substituents is 1. The van der Waals surface area contributed by atoms with E-state index in [-0.39, 0.29) is 29.7 Å². The van der Waals surface area contributed by atoms with Crippen molar-refractivity contribution in [3.8, 4) is 16.9 Å². The summed E-state index contributed by atoms with van der Waals surface area (Å²) >= 11 is 0. The summed E-state index contributed by atoms with van der Waals surface area (Å²) < 4.78 is 0. The molecule has 0 heterocycles. The number of ketones is 2. The summed E-state index contributed by atoms with van der Waals surface area (Å²) in [6.45, 7) is 1.31. The van der Waals surface area contributed by atoms with Crippen LogP contribution in [0.15, 0.2) is 89.4 Å². The van der Waals surface area contributed by atoms with Gasteiger partial charge >= 0.3 is 0 Å². The number of aromatic hydroxyl groups is 1. The molecule has 0 bridgehead atoms. The lowest BCUT2D eigenvalue weighted by Gasteiger charge is -2.50. The number of amides is 1. The van der Waals surface area contributed by atoms with Crippen LogP contribution in [0.4, 0.5) is 0 Å². The van der Waals surface area contributed by atoms with E-state index >= 15 is 0 Å². The number of aliphatic hydroxyl groups is 3. The highest BCUT2D eigenvalue weighted by Gasteiger charge is 2.63. The molecule has 0 fully saturated rings. The first kappa shape index (κ1) is 30.3. The van der Waals surface area contributed by atoms with Crippen molar-refractivity contribution in [3.63, 3.8) is 0 Å². The molecule has 6 rings (SSSR count). The highest BCUT2D eigenvalue weighted by Crippen LogP contribution is 2.53. The fourth-order valence-corrected chi connectivity index (χ4v) is 7.32. The Hall–Kier alpha value is -4.77. The molecule has 0 radical (unpaired) electrons. The molecule has 0 aromatic heterocycles. The van der Waals surface area contributed by atoms with Crippen LogP contribution in [0.5, 0.6) is 5.75 Å². The molecule has 3 aromatic carbocycles. The summed E-state index contributed by atoms with van der Waals surface area (Å²) in [6, 6.07) is 20.1. The Balaban J connectivity index is 1.39. The minimum absolute atomic E-state index is 0.0131. The maximum absolute atomic E-state index is 14.1. The number of Topliss-reactive ketones (excluding diaryl/α,β-unsaturated/α-hetero) is 2. The highest BCUT2D eigenvalue weighted by molar-refractivity contribution is 6.24. The SMILES string of the molecule is CN(C)[C@H]1C(O)=C(C(N)=O)C(=O)C2(O)C(O)=C3C(=O)c4c(O)ccc(-c5cccc(CNCc6ccccc6)c5)c4C[C@H]3C[C@H]12. The number of phenols is 1.